The number of carbonyl (C=O) groups is 1. The minimum Gasteiger partial charge on any atom is -0.461 e. The molecule has 1 aromatic rings. The molecule has 0 spiro atoms. The molecule has 0 N–H and O–H groups in total. The number of hydrogen-bond donors (Lipinski definition) is 0. The van der Waals surface area contributed by atoms with Crippen LogP contribution in [0.2, 0.25) is 0 Å². The Balaban J connectivity index is 1.73. The zero-order valence-corrected chi connectivity index (χ0v) is 14.4. The molecule has 2 bridgehead atoms. The van der Waals surface area contributed by atoms with Crippen LogP contribution >= 0.6 is 0 Å². The summed E-state index contributed by atoms with van der Waals surface area (Å²) >= 11 is 0. The summed E-state index contributed by atoms with van der Waals surface area (Å²) in [7, 11) is -1.50. The predicted molar refractivity (Wildman–Crippen MR) is 88.3 cm³/mol. The second-order valence-corrected chi connectivity index (χ2v) is 9.02. The molecule has 2 heterocycles. The Hall–Kier alpha value is -1.34. The largest absolute Gasteiger partial charge is 0.461 e. The number of carbonyl (C=O) groups excluding carboxylic acids is 1. The zero-order chi connectivity index (χ0) is 16.8. The Morgan fingerprint density at radius 3 is 2.57 bits per heavy atom. The third kappa shape index (κ3) is 2.50. The summed E-state index contributed by atoms with van der Waals surface area (Å²) in [5, 5.41) is -1.21. The van der Waals surface area contributed by atoms with E-state index in [2.05, 4.69) is 0 Å². The van der Waals surface area contributed by atoms with Gasteiger partial charge in [-0.3, -0.25) is 4.79 Å². The van der Waals surface area contributed by atoms with Crippen molar-refractivity contribution in [3.8, 4) is 0 Å². The normalized spacial score (nSPS) is 37.7. The van der Waals surface area contributed by atoms with E-state index in [4.69, 9.17) is 9.47 Å². The minimum atomic E-state index is -3.27. The maximum Gasteiger partial charge on any atom is 0.309 e. The predicted octanol–water partition coefficient (Wildman–Crippen LogP) is 0.670. The summed E-state index contributed by atoms with van der Waals surface area (Å²) in [6.07, 6.45) is -0.0256. The van der Waals surface area contributed by atoms with Gasteiger partial charge in [0.1, 0.15) is 14.5 Å². The van der Waals surface area contributed by atoms with Crippen molar-refractivity contribution in [3.63, 3.8) is 0 Å². The van der Waals surface area contributed by atoms with Crippen LogP contribution in [0, 0.1) is 5.92 Å². The van der Waals surface area contributed by atoms with Gasteiger partial charge in [-0.2, -0.15) is 0 Å². The highest BCUT2D eigenvalue weighted by molar-refractivity contribution is 7.93. The van der Waals surface area contributed by atoms with Crippen LogP contribution in [0.15, 0.2) is 30.3 Å². The van der Waals surface area contributed by atoms with E-state index < -0.39 is 31.9 Å². The standard InChI is InChI=1S/C16H21BO5S/c1-10-14-15(17)22-16(10,11(2)23(14,19)20)8-13(18)21-9-12-6-4-3-5-7-12/h3-7,10-11,14-15H,8-9,17H2,1-2H3/t10?,11-,14+,15-,16-/m1/s1. The monoisotopic (exact) mass is 336 g/mol. The van der Waals surface area contributed by atoms with Crippen LogP contribution in [0.25, 0.3) is 0 Å². The molecule has 0 aromatic heterocycles. The molecular weight excluding hydrogens is 315 g/mol. The average molecular weight is 336 g/mol. The summed E-state index contributed by atoms with van der Waals surface area (Å²) in [6.45, 7) is 3.69. The molecule has 5 nitrogen and oxygen atoms in total. The van der Waals surface area contributed by atoms with Gasteiger partial charge in [0, 0.05) is 11.9 Å². The topological polar surface area (TPSA) is 69.7 Å². The molecule has 124 valence electrons. The number of hydrogen-bond acceptors (Lipinski definition) is 5. The summed E-state index contributed by atoms with van der Waals surface area (Å²) in [4.78, 5) is 12.3. The van der Waals surface area contributed by atoms with Crippen molar-refractivity contribution in [1.82, 2.24) is 0 Å². The lowest BCUT2D eigenvalue weighted by Crippen LogP contribution is -2.49. The van der Waals surface area contributed by atoms with Crippen LogP contribution < -0.4 is 0 Å². The fourth-order valence-electron chi connectivity index (χ4n) is 4.10. The first kappa shape index (κ1) is 16.5. The van der Waals surface area contributed by atoms with Gasteiger partial charge in [0.05, 0.1) is 22.5 Å². The highest BCUT2D eigenvalue weighted by atomic mass is 32.2. The Kier molecular flexibility index (Phi) is 4.05. The lowest BCUT2D eigenvalue weighted by Gasteiger charge is -2.35. The molecule has 2 saturated heterocycles. The third-order valence-corrected chi connectivity index (χ3v) is 8.29. The van der Waals surface area contributed by atoms with Crippen molar-refractivity contribution < 1.29 is 22.7 Å². The highest BCUT2D eigenvalue weighted by Gasteiger charge is 2.69. The maximum atomic E-state index is 12.5. The van der Waals surface area contributed by atoms with E-state index in [-0.39, 0.29) is 24.9 Å². The molecule has 2 aliphatic rings. The number of benzene rings is 1. The number of rotatable bonds is 4. The number of sulfone groups is 1. The van der Waals surface area contributed by atoms with Gasteiger partial charge in [0.15, 0.2) is 9.84 Å². The van der Waals surface area contributed by atoms with E-state index in [1.165, 1.54) is 0 Å². The van der Waals surface area contributed by atoms with Crippen LogP contribution in [0.5, 0.6) is 0 Å². The van der Waals surface area contributed by atoms with Crippen molar-refractivity contribution >= 4 is 23.7 Å². The van der Waals surface area contributed by atoms with Gasteiger partial charge in [0.2, 0.25) is 0 Å². The van der Waals surface area contributed by atoms with Gasteiger partial charge in [-0.1, -0.05) is 37.3 Å². The molecule has 5 atom stereocenters. The van der Waals surface area contributed by atoms with Crippen LogP contribution in [-0.4, -0.2) is 44.3 Å². The molecular formula is C16H21BO5S. The van der Waals surface area contributed by atoms with E-state index in [0.717, 1.165) is 5.56 Å². The molecule has 2 aliphatic heterocycles. The number of fused-ring (bicyclic) bond motifs is 2. The van der Waals surface area contributed by atoms with Crippen molar-refractivity contribution in [2.24, 2.45) is 5.92 Å². The van der Waals surface area contributed by atoms with E-state index in [1.54, 1.807) is 14.8 Å². The molecule has 7 heteroatoms. The van der Waals surface area contributed by atoms with Crippen LogP contribution in [-0.2, 0) is 30.7 Å². The summed E-state index contributed by atoms with van der Waals surface area (Å²) < 4.78 is 36.3. The SMILES string of the molecule is B[C@@H]1O[C@]2(CC(=O)OCc3ccccc3)C(C)[C@@H]1S(=O)(=O)[C@@H]2C. The van der Waals surface area contributed by atoms with Crippen LogP contribution in [0.3, 0.4) is 0 Å². The second-order valence-electron chi connectivity index (χ2n) is 6.59. The van der Waals surface area contributed by atoms with Crippen molar-refractivity contribution in [1.29, 1.82) is 0 Å². The first-order valence-corrected chi connectivity index (χ1v) is 9.50. The van der Waals surface area contributed by atoms with Crippen LogP contribution in [0.1, 0.15) is 25.8 Å². The van der Waals surface area contributed by atoms with Gasteiger partial charge in [0.25, 0.3) is 0 Å². The number of ether oxygens (including phenoxy) is 2. The van der Waals surface area contributed by atoms with Gasteiger partial charge in [-0.15, -0.1) is 0 Å². The molecule has 1 unspecified atom stereocenters. The van der Waals surface area contributed by atoms with Gasteiger partial charge < -0.3 is 9.47 Å². The lowest BCUT2D eigenvalue weighted by atomic mass is 9.82. The first-order chi connectivity index (χ1) is 10.8. The van der Waals surface area contributed by atoms with E-state index >= 15 is 0 Å². The van der Waals surface area contributed by atoms with Crippen molar-refractivity contribution in [2.45, 2.75) is 49.0 Å². The van der Waals surface area contributed by atoms with Gasteiger partial charge in [-0.05, 0) is 12.5 Å². The molecule has 1 aromatic carbocycles. The lowest BCUT2D eigenvalue weighted by molar-refractivity contribution is -0.153. The van der Waals surface area contributed by atoms with E-state index in [1.807, 2.05) is 37.3 Å². The molecule has 0 saturated carbocycles. The van der Waals surface area contributed by atoms with Crippen molar-refractivity contribution in [2.75, 3.05) is 0 Å². The Bertz CT molecular complexity index is 704. The van der Waals surface area contributed by atoms with Crippen molar-refractivity contribution in [3.05, 3.63) is 35.9 Å². The maximum absolute atomic E-state index is 12.5. The second kappa shape index (κ2) is 5.63. The smallest absolute Gasteiger partial charge is 0.309 e. The fraction of sp³-hybridized carbons (Fsp3) is 0.562. The first-order valence-electron chi connectivity index (χ1n) is 7.89. The molecule has 0 amide bonds. The van der Waals surface area contributed by atoms with Gasteiger partial charge >= 0.3 is 5.97 Å². The molecule has 0 aliphatic carbocycles. The Morgan fingerprint density at radius 2 is 1.96 bits per heavy atom. The summed E-state index contributed by atoms with van der Waals surface area (Å²) in [5.41, 5.74) is -0.0615. The Morgan fingerprint density at radius 1 is 1.30 bits per heavy atom. The molecule has 2 fully saturated rings. The highest BCUT2D eigenvalue weighted by Crippen LogP contribution is 2.53. The fourth-order valence-corrected chi connectivity index (χ4v) is 6.87. The summed E-state index contributed by atoms with van der Waals surface area (Å²) in [5.74, 6) is -0.626. The van der Waals surface area contributed by atoms with E-state index in [9.17, 15) is 13.2 Å². The number of esters is 1. The molecule has 3 rings (SSSR count). The van der Waals surface area contributed by atoms with Crippen LogP contribution in [0.4, 0.5) is 0 Å². The third-order valence-electron chi connectivity index (χ3n) is 5.36. The van der Waals surface area contributed by atoms with E-state index in [0.29, 0.717) is 0 Å². The average Bonchev–Trinajstić information content (AvgIpc) is 2.83. The Labute approximate surface area is 137 Å². The summed E-state index contributed by atoms with van der Waals surface area (Å²) in [6, 6.07) is 9.02. The molecule has 0 radical (unpaired) electrons. The van der Waals surface area contributed by atoms with Gasteiger partial charge in [-0.25, -0.2) is 8.42 Å². The zero-order valence-electron chi connectivity index (χ0n) is 13.6. The minimum absolute atomic E-state index is 0.0256. The molecule has 23 heavy (non-hydrogen) atoms. The quantitative estimate of drug-likeness (QED) is 0.597.